The highest BCUT2D eigenvalue weighted by molar-refractivity contribution is 7.14. The topological polar surface area (TPSA) is 74.3 Å². The van der Waals surface area contributed by atoms with Crippen LogP contribution in [0.2, 0.25) is 0 Å². The molecular weight excluding hydrogens is 439 g/mol. The molecule has 0 atom stereocenters. The van der Waals surface area contributed by atoms with Gasteiger partial charge in [-0.25, -0.2) is 4.98 Å². The van der Waals surface area contributed by atoms with E-state index >= 15 is 0 Å². The molecule has 3 rings (SSSR count). The molecule has 0 saturated carbocycles. The van der Waals surface area contributed by atoms with Crippen LogP contribution in [0, 0.1) is 0 Å². The van der Waals surface area contributed by atoms with Gasteiger partial charge in [-0.15, -0.1) is 47.5 Å². The lowest BCUT2D eigenvalue weighted by molar-refractivity contribution is -0.133. The fourth-order valence-electron chi connectivity index (χ4n) is 3.14. The van der Waals surface area contributed by atoms with Gasteiger partial charge in [-0.2, -0.15) is 0 Å². The third-order valence-electron chi connectivity index (χ3n) is 4.38. The highest BCUT2D eigenvalue weighted by Gasteiger charge is 2.25. The molecule has 2 aromatic rings. The van der Waals surface area contributed by atoms with E-state index < -0.39 is 0 Å². The van der Waals surface area contributed by atoms with Crippen LogP contribution in [0.25, 0.3) is 0 Å². The molecule has 28 heavy (non-hydrogen) atoms. The Hall–Kier alpha value is -1.19. The molecule has 1 aliphatic rings. The van der Waals surface area contributed by atoms with Crippen molar-refractivity contribution in [2.75, 3.05) is 25.0 Å². The van der Waals surface area contributed by atoms with E-state index in [1.807, 2.05) is 21.7 Å². The number of nitrogens with one attached hydrogen (secondary N) is 2. The maximum absolute atomic E-state index is 12.8. The van der Waals surface area contributed by atoms with Crippen LogP contribution in [0.5, 0.6) is 0 Å². The first kappa shape index (κ1) is 24.8. The Morgan fingerprint density at radius 2 is 2.04 bits per heavy atom. The summed E-state index contributed by atoms with van der Waals surface area (Å²) in [4.78, 5) is 32.0. The highest BCUT2D eigenvalue weighted by Crippen LogP contribution is 2.20. The van der Waals surface area contributed by atoms with Crippen molar-refractivity contribution in [3.63, 3.8) is 0 Å². The Kier molecular flexibility index (Phi) is 11.0. The van der Waals surface area contributed by atoms with Gasteiger partial charge in [-0.05, 0) is 43.8 Å². The van der Waals surface area contributed by atoms with Crippen molar-refractivity contribution in [1.82, 2.24) is 15.2 Å². The fourth-order valence-corrected chi connectivity index (χ4v) is 4.46. The van der Waals surface area contributed by atoms with Crippen LogP contribution in [0.4, 0.5) is 5.13 Å². The van der Waals surface area contributed by atoms with Gasteiger partial charge in [0.05, 0.1) is 17.0 Å². The Morgan fingerprint density at radius 1 is 1.29 bits per heavy atom. The number of rotatable bonds is 7. The molecule has 1 saturated heterocycles. The number of halogens is 2. The zero-order chi connectivity index (χ0) is 18.4. The molecule has 2 amide bonds. The number of aromatic nitrogens is 1. The van der Waals surface area contributed by atoms with E-state index in [2.05, 4.69) is 22.5 Å². The van der Waals surface area contributed by atoms with E-state index in [4.69, 9.17) is 0 Å². The number of carbonyl (C=O) groups excluding carboxylic acids is 2. The van der Waals surface area contributed by atoms with Crippen molar-refractivity contribution in [2.45, 2.75) is 38.6 Å². The van der Waals surface area contributed by atoms with Gasteiger partial charge < -0.3 is 10.2 Å². The SMILES string of the molecule is CCCN(C(=O)Cc1csc(NC(=O)c2cccs2)n1)C1CCNCC1.Cl.Cl. The number of thiazole rings is 1. The van der Waals surface area contributed by atoms with Gasteiger partial charge in [-0.1, -0.05) is 13.0 Å². The normalized spacial score (nSPS) is 13.9. The van der Waals surface area contributed by atoms with Gasteiger partial charge in [0, 0.05) is 18.0 Å². The molecule has 0 spiro atoms. The van der Waals surface area contributed by atoms with E-state index in [9.17, 15) is 9.59 Å². The molecule has 6 nitrogen and oxygen atoms in total. The molecule has 1 aliphatic heterocycles. The van der Waals surface area contributed by atoms with Gasteiger partial charge in [-0.3, -0.25) is 14.9 Å². The van der Waals surface area contributed by atoms with E-state index in [-0.39, 0.29) is 43.0 Å². The standard InChI is InChI=1S/C18H24N4O2S2.2ClH/c1-2-9-22(14-5-7-19-8-6-14)16(23)11-13-12-26-18(20-13)21-17(24)15-4-3-10-25-15;;/h3-4,10,12,14,19H,2,5-9,11H2,1H3,(H,20,21,24);2*1H. The predicted molar refractivity (Wildman–Crippen MR) is 120 cm³/mol. The summed E-state index contributed by atoms with van der Waals surface area (Å²) in [5.74, 6) is -0.0327. The molecule has 0 bridgehead atoms. The van der Waals surface area contributed by atoms with Crippen LogP contribution < -0.4 is 10.6 Å². The average Bonchev–Trinajstić information content (AvgIpc) is 3.32. The number of amides is 2. The zero-order valence-electron chi connectivity index (χ0n) is 15.7. The van der Waals surface area contributed by atoms with Crippen molar-refractivity contribution in [2.24, 2.45) is 0 Å². The molecule has 156 valence electrons. The Labute approximate surface area is 185 Å². The lowest BCUT2D eigenvalue weighted by Gasteiger charge is -2.34. The van der Waals surface area contributed by atoms with Crippen molar-refractivity contribution in [1.29, 1.82) is 0 Å². The summed E-state index contributed by atoms with van der Waals surface area (Å²) in [6, 6.07) is 3.94. The fraction of sp³-hybridized carbons (Fsp3) is 0.500. The summed E-state index contributed by atoms with van der Waals surface area (Å²) in [5, 5.41) is 10.4. The summed E-state index contributed by atoms with van der Waals surface area (Å²) in [6.45, 7) is 4.82. The van der Waals surface area contributed by atoms with Crippen LogP contribution in [-0.2, 0) is 11.2 Å². The largest absolute Gasteiger partial charge is 0.339 e. The predicted octanol–water partition coefficient (Wildman–Crippen LogP) is 3.83. The second kappa shape index (κ2) is 12.4. The molecule has 0 radical (unpaired) electrons. The van der Waals surface area contributed by atoms with Crippen molar-refractivity contribution >= 4 is 64.4 Å². The maximum atomic E-state index is 12.8. The summed E-state index contributed by atoms with van der Waals surface area (Å²) >= 11 is 2.75. The maximum Gasteiger partial charge on any atom is 0.267 e. The first-order valence-electron chi connectivity index (χ1n) is 8.96. The molecule has 2 aromatic heterocycles. The summed E-state index contributed by atoms with van der Waals surface area (Å²) in [5.41, 5.74) is 0.719. The van der Waals surface area contributed by atoms with Crippen LogP contribution in [0.3, 0.4) is 0 Å². The van der Waals surface area contributed by atoms with Gasteiger partial charge in [0.1, 0.15) is 0 Å². The van der Waals surface area contributed by atoms with Crippen molar-refractivity contribution < 1.29 is 9.59 Å². The van der Waals surface area contributed by atoms with E-state index in [0.717, 1.165) is 44.6 Å². The minimum Gasteiger partial charge on any atom is -0.339 e. The Balaban J connectivity index is 0.00000196. The molecule has 1 fully saturated rings. The number of nitrogens with zero attached hydrogens (tertiary/aromatic N) is 2. The summed E-state index contributed by atoms with van der Waals surface area (Å²) in [6.07, 6.45) is 3.25. The lowest BCUT2D eigenvalue weighted by Crippen LogP contribution is -2.47. The number of hydrogen-bond acceptors (Lipinski definition) is 6. The Bertz CT molecular complexity index is 734. The lowest BCUT2D eigenvalue weighted by atomic mass is 10.0. The number of piperidine rings is 1. The average molecular weight is 465 g/mol. The van der Waals surface area contributed by atoms with Crippen molar-refractivity contribution in [3.05, 3.63) is 33.5 Å². The number of anilines is 1. The molecule has 3 heterocycles. The first-order chi connectivity index (χ1) is 12.7. The molecule has 0 unspecified atom stereocenters. The quantitative estimate of drug-likeness (QED) is 0.652. The van der Waals surface area contributed by atoms with Gasteiger partial charge >= 0.3 is 0 Å². The van der Waals surface area contributed by atoms with Crippen LogP contribution in [-0.4, -0.2) is 47.4 Å². The minimum atomic E-state index is -0.158. The molecule has 0 aliphatic carbocycles. The van der Waals surface area contributed by atoms with Gasteiger partial charge in [0.25, 0.3) is 5.91 Å². The number of thiophene rings is 1. The van der Waals surface area contributed by atoms with E-state index in [1.54, 1.807) is 6.07 Å². The second-order valence-electron chi connectivity index (χ2n) is 6.32. The first-order valence-corrected chi connectivity index (χ1v) is 10.7. The van der Waals surface area contributed by atoms with E-state index in [1.165, 1.54) is 22.7 Å². The molecule has 0 aromatic carbocycles. The third-order valence-corrected chi connectivity index (χ3v) is 6.06. The minimum absolute atomic E-state index is 0. The third kappa shape index (κ3) is 6.70. The molecule has 10 heteroatoms. The highest BCUT2D eigenvalue weighted by atomic mass is 35.5. The number of carbonyl (C=O) groups is 2. The number of hydrogen-bond donors (Lipinski definition) is 2. The molecule has 2 N–H and O–H groups in total. The van der Waals surface area contributed by atoms with E-state index in [0.29, 0.717) is 16.1 Å². The smallest absolute Gasteiger partial charge is 0.267 e. The van der Waals surface area contributed by atoms with Crippen LogP contribution in [0.15, 0.2) is 22.9 Å². The van der Waals surface area contributed by atoms with Crippen LogP contribution in [0.1, 0.15) is 41.6 Å². The summed E-state index contributed by atoms with van der Waals surface area (Å²) < 4.78 is 0. The van der Waals surface area contributed by atoms with Crippen molar-refractivity contribution in [3.8, 4) is 0 Å². The van der Waals surface area contributed by atoms with Gasteiger partial charge in [0.2, 0.25) is 5.91 Å². The Morgan fingerprint density at radius 3 is 2.68 bits per heavy atom. The van der Waals surface area contributed by atoms with Crippen LogP contribution >= 0.6 is 47.5 Å². The zero-order valence-corrected chi connectivity index (χ0v) is 18.9. The molecular formula is C18H26Cl2N4O2S2. The summed E-state index contributed by atoms with van der Waals surface area (Å²) in [7, 11) is 0. The van der Waals surface area contributed by atoms with Gasteiger partial charge in [0.15, 0.2) is 5.13 Å². The second-order valence-corrected chi connectivity index (χ2v) is 8.13. The monoisotopic (exact) mass is 464 g/mol.